The third-order valence-electron chi connectivity index (χ3n) is 2.87. The molecular weight excluding hydrogens is 295 g/mol. The van der Waals surface area contributed by atoms with Crippen molar-refractivity contribution < 1.29 is 23.5 Å². The molecule has 1 rings (SSSR count). The summed E-state index contributed by atoms with van der Waals surface area (Å²) in [6.07, 6.45) is 0.659. The lowest BCUT2D eigenvalue weighted by Gasteiger charge is -2.15. The predicted octanol–water partition coefficient (Wildman–Crippen LogP) is 1.83. The molecule has 21 heavy (non-hydrogen) atoms. The molecule has 3 N–H and O–H groups in total. The Morgan fingerprint density at radius 3 is 2.57 bits per heavy atom. The Morgan fingerprint density at radius 2 is 1.95 bits per heavy atom. The number of amides is 2. The van der Waals surface area contributed by atoms with Crippen LogP contribution in [0, 0.1) is 0 Å². The largest absolute Gasteiger partial charge is 0.395 e. The van der Waals surface area contributed by atoms with Gasteiger partial charge in [-0.25, -0.2) is 4.79 Å². The molecule has 2 amide bonds. The fourth-order valence-electron chi connectivity index (χ4n) is 1.71. The van der Waals surface area contributed by atoms with Crippen molar-refractivity contribution in [1.82, 2.24) is 5.32 Å². The van der Waals surface area contributed by atoms with E-state index >= 15 is 0 Å². The molecule has 0 saturated carbocycles. The lowest BCUT2D eigenvalue weighted by molar-refractivity contribution is 0.245. The maximum Gasteiger partial charge on any atom is 0.330 e. The summed E-state index contributed by atoms with van der Waals surface area (Å²) in [5, 5.41) is 13.8. The van der Waals surface area contributed by atoms with Crippen molar-refractivity contribution in [1.29, 1.82) is 0 Å². The highest BCUT2D eigenvalue weighted by Gasteiger charge is 2.21. The second kappa shape index (κ2) is 8.79. The first-order chi connectivity index (χ1) is 10.0. The molecule has 0 aliphatic rings. The molecule has 0 unspecified atom stereocenters. The summed E-state index contributed by atoms with van der Waals surface area (Å²) < 4.78 is 21.8. The number of urea groups is 1. The minimum Gasteiger partial charge on any atom is -0.395 e. The van der Waals surface area contributed by atoms with E-state index in [9.17, 15) is 9.36 Å². The van der Waals surface area contributed by atoms with E-state index in [0.29, 0.717) is 12.1 Å². The van der Waals surface area contributed by atoms with Gasteiger partial charge in [0, 0.05) is 26.5 Å². The standard InChI is InChI=1S/C13H21N2O5P/c1-19-21(18,20-2)10-7-11-5-3-4-6-12(11)15-13(17)14-8-9-16/h3-6,16H,7-10H2,1-2H3,(H2,14,15,17). The number of nitrogens with one attached hydrogen (secondary N) is 2. The molecule has 8 heteroatoms. The number of carbonyl (C=O) groups is 1. The monoisotopic (exact) mass is 316 g/mol. The molecule has 0 radical (unpaired) electrons. The number of aliphatic hydroxyl groups is 1. The average Bonchev–Trinajstić information content (AvgIpc) is 2.51. The number of benzene rings is 1. The van der Waals surface area contributed by atoms with Crippen molar-refractivity contribution in [3.8, 4) is 0 Å². The van der Waals surface area contributed by atoms with E-state index in [-0.39, 0.29) is 19.3 Å². The summed E-state index contributed by atoms with van der Waals surface area (Å²) >= 11 is 0. The van der Waals surface area contributed by atoms with Crippen LogP contribution in [0.5, 0.6) is 0 Å². The van der Waals surface area contributed by atoms with Crippen LogP contribution in [0.1, 0.15) is 5.56 Å². The van der Waals surface area contributed by atoms with Crippen LogP contribution >= 0.6 is 7.60 Å². The second-order valence-corrected chi connectivity index (χ2v) is 6.61. The van der Waals surface area contributed by atoms with Crippen LogP contribution in [0.25, 0.3) is 0 Å². The molecule has 0 aliphatic heterocycles. The lowest BCUT2D eigenvalue weighted by atomic mass is 10.1. The Morgan fingerprint density at radius 1 is 1.29 bits per heavy atom. The number of para-hydroxylation sites is 1. The maximum absolute atomic E-state index is 12.0. The van der Waals surface area contributed by atoms with Gasteiger partial charge >= 0.3 is 13.6 Å². The van der Waals surface area contributed by atoms with E-state index in [2.05, 4.69) is 10.6 Å². The third kappa shape index (κ3) is 5.85. The highest BCUT2D eigenvalue weighted by Crippen LogP contribution is 2.46. The Balaban J connectivity index is 2.71. The zero-order chi connectivity index (χ0) is 15.7. The van der Waals surface area contributed by atoms with E-state index < -0.39 is 13.6 Å². The van der Waals surface area contributed by atoms with Crippen molar-refractivity contribution in [2.45, 2.75) is 6.42 Å². The molecule has 0 fully saturated rings. The highest BCUT2D eigenvalue weighted by atomic mass is 31.2. The average molecular weight is 316 g/mol. The van der Waals surface area contributed by atoms with Crippen LogP contribution in [0.2, 0.25) is 0 Å². The molecule has 1 aromatic rings. The molecule has 0 aromatic heterocycles. The second-order valence-electron chi connectivity index (χ2n) is 4.21. The molecule has 0 bridgehead atoms. The summed E-state index contributed by atoms with van der Waals surface area (Å²) in [5.74, 6) is 0. The molecular formula is C13H21N2O5P. The molecule has 0 heterocycles. The minimum absolute atomic E-state index is 0.125. The zero-order valence-corrected chi connectivity index (χ0v) is 13.1. The van der Waals surface area contributed by atoms with Gasteiger partial charge in [0.05, 0.1) is 12.8 Å². The first-order valence-electron chi connectivity index (χ1n) is 6.49. The van der Waals surface area contributed by atoms with Crippen molar-refractivity contribution in [3.63, 3.8) is 0 Å². The van der Waals surface area contributed by atoms with Gasteiger partial charge in [0.25, 0.3) is 0 Å². The van der Waals surface area contributed by atoms with Crippen LogP contribution in [-0.4, -0.2) is 44.7 Å². The van der Waals surface area contributed by atoms with Gasteiger partial charge in [-0.05, 0) is 18.1 Å². The number of carbonyl (C=O) groups excluding carboxylic acids is 1. The smallest absolute Gasteiger partial charge is 0.330 e. The first kappa shape index (κ1) is 17.7. The van der Waals surface area contributed by atoms with Crippen LogP contribution in [0.15, 0.2) is 24.3 Å². The Kier molecular flexibility index (Phi) is 7.39. The highest BCUT2D eigenvalue weighted by molar-refractivity contribution is 7.53. The van der Waals surface area contributed by atoms with Gasteiger partial charge in [-0.1, -0.05) is 18.2 Å². The van der Waals surface area contributed by atoms with Crippen molar-refractivity contribution >= 4 is 19.3 Å². The number of hydrogen-bond acceptors (Lipinski definition) is 5. The van der Waals surface area contributed by atoms with Gasteiger partial charge in [-0.2, -0.15) is 0 Å². The molecule has 7 nitrogen and oxygen atoms in total. The lowest BCUT2D eigenvalue weighted by Crippen LogP contribution is -2.31. The van der Waals surface area contributed by atoms with Crippen LogP contribution in [0.4, 0.5) is 10.5 Å². The molecule has 0 spiro atoms. The molecule has 118 valence electrons. The van der Waals surface area contributed by atoms with Gasteiger partial charge in [0.15, 0.2) is 0 Å². The predicted molar refractivity (Wildman–Crippen MR) is 80.7 cm³/mol. The van der Waals surface area contributed by atoms with Gasteiger partial charge < -0.3 is 24.8 Å². The Hall–Kier alpha value is -1.40. The van der Waals surface area contributed by atoms with E-state index in [1.165, 1.54) is 14.2 Å². The SMILES string of the molecule is COP(=O)(CCc1ccccc1NC(=O)NCCO)OC. The van der Waals surface area contributed by atoms with Crippen molar-refractivity contribution in [3.05, 3.63) is 29.8 Å². The third-order valence-corrected chi connectivity index (χ3v) is 4.76. The molecule has 0 aliphatic carbocycles. The van der Waals surface area contributed by atoms with E-state index in [0.717, 1.165) is 5.56 Å². The number of anilines is 1. The topological polar surface area (TPSA) is 96.9 Å². The van der Waals surface area contributed by atoms with Crippen LogP contribution in [-0.2, 0) is 20.0 Å². The summed E-state index contributed by atoms with van der Waals surface area (Å²) in [6, 6.07) is 6.79. The number of aliphatic hydroxyl groups excluding tert-OH is 1. The quantitative estimate of drug-likeness (QED) is 0.636. The summed E-state index contributed by atoms with van der Waals surface area (Å²) in [7, 11) is -0.392. The minimum atomic E-state index is -3.08. The van der Waals surface area contributed by atoms with Crippen LogP contribution < -0.4 is 10.6 Å². The summed E-state index contributed by atoms with van der Waals surface area (Å²) in [5.41, 5.74) is 1.44. The fourth-order valence-corrected chi connectivity index (χ4v) is 2.74. The first-order valence-corrected chi connectivity index (χ1v) is 8.21. The van der Waals surface area contributed by atoms with Gasteiger partial charge in [-0.3, -0.25) is 4.57 Å². The number of rotatable bonds is 8. The van der Waals surface area contributed by atoms with Gasteiger partial charge in [-0.15, -0.1) is 0 Å². The number of hydrogen-bond donors (Lipinski definition) is 3. The Labute approximate surface area is 124 Å². The number of aryl methyl sites for hydroxylation is 1. The molecule has 0 atom stereocenters. The van der Waals surface area contributed by atoms with E-state index in [1.54, 1.807) is 12.1 Å². The molecule has 0 saturated heterocycles. The zero-order valence-electron chi connectivity index (χ0n) is 12.2. The summed E-state index contributed by atoms with van der Waals surface area (Å²) in [6.45, 7) is 0.0521. The van der Waals surface area contributed by atoms with E-state index in [4.69, 9.17) is 14.2 Å². The van der Waals surface area contributed by atoms with Crippen LogP contribution in [0.3, 0.4) is 0 Å². The summed E-state index contributed by atoms with van der Waals surface area (Å²) in [4.78, 5) is 11.6. The van der Waals surface area contributed by atoms with Crippen molar-refractivity contribution in [2.24, 2.45) is 0 Å². The van der Waals surface area contributed by atoms with E-state index in [1.807, 2.05) is 12.1 Å². The van der Waals surface area contributed by atoms with Gasteiger partial charge in [0.2, 0.25) is 0 Å². The van der Waals surface area contributed by atoms with Crippen molar-refractivity contribution in [2.75, 3.05) is 38.8 Å². The maximum atomic E-state index is 12.0. The Bertz CT molecular complexity index is 501. The molecule has 1 aromatic carbocycles. The fraction of sp³-hybridized carbons (Fsp3) is 0.462. The normalized spacial score (nSPS) is 11.2. The van der Waals surface area contributed by atoms with Gasteiger partial charge in [0.1, 0.15) is 0 Å².